The van der Waals surface area contributed by atoms with Crippen molar-refractivity contribution < 1.29 is 4.39 Å². The fourth-order valence-corrected chi connectivity index (χ4v) is 2.82. The van der Waals surface area contributed by atoms with E-state index >= 15 is 0 Å². The van der Waals surface area contributed by atoms with Crippen LogP contribution >= 0.6 is 12.2 Å². The van der Waals surface area contributed by atoms with Crippen LogP contribution in [-0.2, 0) is 7.05 Å². The van der Waals surface area contributed by atoms with Gasteiger partial charge in [0.05, 0.1) is 23.3 Å². The normalized spacial score (nSPS) is 10.9. The molecule has 0 fully saturated rings. The van der Waals surface area contributed by atoms with Gasteiger partial charge in [-0.15, -0.1) is 0 Å². The summed E-state index contributed by atoms with van der Waals surface area (Å²) in [5.74, 6) is -0.413. The molecule has 3 aromatic rings. The number of halogens is 1. The molecule has 0 amide bonds. The highest BCUT2D eigenvalue weighted by Crippen LogP contribution is 2.12. The van der Waals surface area contributed by atoms with Crippen molar-refractivity contribution in [3.8, 4) is 5.69 Å². The van der Waals surface area contributed by atoms with E-state index in [4.69, 9.17) is 12.2 Å². The summed E-state index contributed by atoms with van der Waals surface area (Å²) in [6.07, 6.45) is 1.51. The van der Waals surface area contributed by atoms with Crippen LogP contribution in [0.1, 0.15) is 11.3 Å². The maximum atomic E-state index is 13.6. The van der Waals surface area contributed by atoms with E-state index < -0.39 is 5.82 Å². The maximum Gasteiger partial charge on any atom is 0.274 e. The molecule has 2 N–H and O–H groups in total. The summed E-state index contributed by atoms with van der Waals surface area (Å²) in [5, 5.41) is 6.93. The van der Waals surface area contributed by atoms with Crippen LogP contribution in [-0.4, -0.2) is 20.7 Å². The lowest BCUT2D eigenvalue weighted by molar-refractivity contribution is 0.632. The van der Waals surface area contributed by atoms with Crippen molar-refractivity contribution in [3.05, 3.63) is 82.0 Å². The lowest BCUT2D eigenvalue weighted by atomic mass is 10.3. The number of benzene rings is 2. The fraction of sp³-hybridized carbons (Fsp3) is 0.105. The van der Waals surface area contributed by atoms with Crippen molar-refractivity contribution in [1.29, 1.82) is 0 Å². The van der Waals surface area contributed by atoms with Gasteiger partial charge in [-0.2, -0.15) is 5.10 Å². The van der Waals surface area contributed by atoms with E-state index in [2.05, 4.69) is 15.8 Å². The molecule has 138 valence electrons. The van der Waals surface area contributed by atoms with Crippen LogP contribution < -0.4 is 16.3 Å². The molecule has 0 spiro atoms. The van der Waals surface area contributed by atoms with Gasteiger partial charge in [-0.05, 0) is 43.4 Å². The van der Waals surface area contributed by atoms with Crippen LogP contribution in [0.15, 0.2) is 64.5 Å². The van der Waals surface area contributed by atoms with Gasteiger partial charge in [-0.1, -0.05) is 30.3 Å². The molecule has 0 saturated heterocycles. The van der Waals surface area contributed by atoms with Crippen LogP contribution in [0, 0.1) is 12.7 Å². The number of para-hydroxylation sites is 2. The lowest BCUT2D eigenvalue weighted by Gasteiger charge is -2.09. The Bertz CT molecular complexity index is 1060. The second kappa shape index (κ2) is 7.96. The summed E-state index contributed by atoms with van der Waals surface area (Å²) in [6.45, 7) is 1.74. The Morgan fingerprint density at radius 2 is 1.81 bits per heavy atom. The van der Waals surface area contributed by atoms with Gasteiger partial charge in [-0.25, -0.2) is 9.07 Å². The molecule has 8 heteroatoms. The van der Waals surface area contributed by atoms with Crippen molar-refractivity contribution in [2.45, 2.75) is 6.92 Å². The number of rotatable bonds is 4. The van der Waals surface area contributed by atoms with Gasteiger partial charge in [0.1, 0.15) is 5.82 Å². The Kier molecular flexibility index (Phi) is 5.46. The Hall–Kier alpha value is -3.26. The van der Waals surface area contributed by atoms with Crippen molar-refractivity contribution in [2.75, 3.05) is 5.32 Å². The average Bonchev–Trinajstić information content (AvgIpc) is 2.87. The minimum absolute atomic E-state index is 0.128. The first-order valence-corrected chi connectivity index (χ1v) is 8.58. The van der Waals surface area contributed by atoms with E-state index in [1.54, 1.807) is 41.5 Å². The molecule has 6 nitrogen and oxygen atoms in total. The first-order valence-electron chi connectivity index (χ1n) is 8.17. The highest BCUT2D eigenvalue weighted by molar-refractivity contribution is 7.80. The topological polar surface area (TPSA) is 63.4 Å². The molecule has 0 unspecified atom stereocenters. The first kappa shape index (κ1) is 18.5. The number of anilines is 1. The zero-order valence-corrected chi connectivity index (χ0v) is 15.6. The van der Waals surface area contributed by atoms with Crippen LogP contribution in [0.3, 0.4) is 0 Å². The van der Waals surface area contributed by atoms with E-state index in [1.807, 2.05) is 30.3 Å². The molecule has 0 aliphatic rings. The van der Waals surface area contributed by atoms with Gasteiger partial charge < -0.3 is 5.32 Å². The Morgan fingerprint density at radius 1 is 1.15 bits per heavy atom. The number of thiocarbonyl (C=S) groups is 1. The second-order valence-electron chi connectivity index (χ2n) is 5.79. The summed E-state index contributed by atoms with van der Waals surface area (Å²) < 4.78 is 16.9. The lowest BCUT2D eigenvalue weighted by Crippen LogP contribution is -2.24. The standard InChI is InChI=1S/C19H18FN5OS/c1-13-17(24(2)25(18(13)26)14-8-4-3-5-9-14)12-21-23-19(27)22-16-11-7-6-10-15(16)20/h3-12H,1-2H3,(H2,22,23,27)/b21-12-. The summed E-state index contributed by atoms with van der Waals surface area (Å²) in [6, 6.07) is 15.5. The third-order valence-corrected chi connectivity index (χ3v) is 4.22. The molecule has 0 saturated carbocycles. The molecule has 0 aliphatic heterocycles. The maximum absolute atomic E-state index is 13.6. The van der Waals surface area contributed by atoms with Crippen LogP contribution in [0.25, 0.3) is 5.69 Å². The minimum Gasteiger partial charge on any atom is -0.329 e. The summed E-state index contributed by atoms with van der Waals surface area (Å²) >= 11 is 5.11. The highest BCUT2D eigenvalue weighted by atomic mass is 32.1. The van der Waals surface area contributed by atoms with Crippen molar-refractivity contribution in [3.63, 3.8) is 0 Å². The second-order valence-corrected chi connectivity index (χ2v) is 6.20. The zero-order valence-electron chi connectivity index (χ0n) is 14.8. The Balaban J connectivity index is 1.77. The minimum atomic E-state index is -0.413. The quantitative estimate of drug-likeness (QED) is 0.413. The first-order chi connectivity index (χ1) is 13.0. The smallest absolute Gasteiger partial charge is 0.274 e. The molecule has 27 heavy (non-hydrogen) atoms. The SMILES string of the molecule is Cc1c(/C=N\NC(=S)Nc2ccccc2F)n(C)n(-c2ccccc2)c1=O. The van der Waals surface area contributed by atoms with Gasteiger partial charge in [0.2, 0.25) is 0 Å². The zero-order chi connectivity index (χ0) is 19.4. The molecular formula is C19H18FN5OS. The van der Waals surface area contributed by atoms with Crippen molar-refractivity contribution in [2.24, 2.45) is 12.1 Å². The van der Waals surface area contributed by atoms with E-state index in [9.17, 15) is 9.18 Å². The Morgan fingerprint density at radius 3 is 2.52 bits per heavy atom. The number of hydrogen-bond donors (Lipinski definition) is 2. The summed E-state index contributed by atoms with van der Waals surface area (Å²) in [4.78, 5) is 12.6. The van der Waals surface area contributed by atoms with Gasteiger partial charge in [0.25, 0.3) is 5.56 Å². The van der Waals surface area contributed by atoms with Gasteiger partial charge in [-0.3, -0.25) is 14.9 Å². The predicted octanol–water partition coefficient (Wildman–Crippen LogP) is 2.94. The van der Waals surface area contributed by atoms with Crippen molar-refractivity contribution >= 4 is 29.2 Å². The largest absolute Gasteiger partial charge is 0.329 e. The average molecular weight is 383 g/mol. The molecule has 0 bridgehead atoms. The molecular weight excluding hydrogens is 365 g/mol. The highest BCUT2D eigenvalue weighted by Gasteiger charge is 2.14. The number of hydrazone groups is 1. The van der Waals surface area contributed by atoms with E-state index in [1.165, 1.54) is 12.3 Å². The van der Waals surface area contributed by atoms with Crippen molar-refractivity contribution in [1.82, 2.24) is 14.8 Å². The monoisotopic (exact) mass is 383 g/mol. The molecule has 1 heterocycles. The third-order valence-electron chi connectivity index (χ3n) is 4.02. The van der Waals surface area contributed by atoms with Crippen LogP contribution in [0.5, 0.6) is 0 Å². The number of aromatic nitrogens is 2. The van der Waals surface area contributed by atoms with Gasteiger partial charge >= 0.3 is 0 Å². The molecule has 0 radical (unpaired) electrons. The predicted molar refractivity (Wildman–Crippen MR) is 109 cm³/mol. The van der Waals surface area contributed by atoms with Gasteiger partial charge in [0.15, 0.2) is 5.11 Å². The molecule has 0 atom stereocenters. The van der Waals surface area contributed by atoms with E-state index in [-0.39, 0.29) is 16.4 Å². The molecule has 1 aromatic heterocycles. The summed E-state index contributed by atoms with van der Waals surface area (Å²) in [7, 11) is 1.78. The van der Waals surface area contributed by atoms with Crippen LogP contribution in [0.4, 0.5) is 10.1 Å². The van der Waals surface area contributed by atoms with Crippen LogP contribution in [0.2, 0.25) is 0 Å². The van der Waals surface area contributed by atoms with Gasteiger partial charge in [0, 0.05) is 12.6 Å². The molecule has 2 aromatic carbocycles. The fourth-order valence-electron chi connectivity index (χ4n) is 2.66. The van der Waals surface area contributed by atoms with E-state index in [0.29, 0.717) is 11.3 Å². The number of hydrogen-bond acceptors (Lipinski definition) is 3. The van der Waals surface area contributed by atoms with E-state index in [0.717, 1.165) is 5.69 Å². The molecule has 3 rings (SSSR count). The molecule has 0 aliphatic carbocycles. The third kappa shape index (κ3) is 3.95. The number of nitrogens with one attached hydrogen (secondary N) is 2. The summed E-state index contributed by atoms with van der Waals surface area (Å²) in [5.41, 5.74) is 4.70. The number of nitrogens with zero attached hydrogens (tertiary/aromatic N) is 3. The Labute approximate surface area is 160 Å².